The van der Waals surface area contributed by atoms with Crippen LogP contribution in [-0.2, 0) is 37.5 Å². The minimum Gasteiger partial charge on any atom is -0.480 e. The zero-order valence-electron chi connectivity index (χ0n) is 35.9. The van der Waals surface area contributed by atoms with Gasteiger partial charge in [-0.05, 0) is 83.5 Å². The lowest BCUT2D eigenvalue weighted by Gasteiger charge is -2.20. The molecule has 0 heterocycles. The van der Waals surface area contributed by atoms with Crippen LogP contribution in [0.15, 0.2) is 72.9 Å². The summed E-state index contributed by atoms with van der Waals surface area (Å²) < 4.78 is 32.6. The maximum absolute atomic E-state index is 12.6. The number of nitrogens with two attached hydrogens (primary N) is 1. The summed E-state index contributed by atoms with van der Waals surface area (Å²) in [5.41, 5.74) is 5.33. The summed E-state index contributed by atoms with van der Waals surface area (Å²) in [6, 6.07) is -1.53. The molecule has 0 saturated heterocycles. The molecule has 0 spiro atoms. The highest BCUT2D eigenvalue weighted by Crippen LogP contribution is 2.43. The first-order chi connectivity index (χ1) is 28.1. The van der Waals surface area contributed by atoms with Crippen molar-refractivity contribution in [3.63, 3.8) is 0 Å². The number of phosphoric acid groups is 1. The van der Waals surface area contributed by atoms with Gasteiger partial charge < -0.3 is 25.2 Å². The fourth-order valence-electron chi connectivity index (χ4n) is 5.44. The van der Waals surface area contributed by atoms with Gasteiger partial charge in [-0.3, -0.25) is 23.4 Å². The molecule has 0 aliphatic rings. The monoisotopic (exact) mass is 836 g/mol. The summed E-state index contributed by atoms with van der Waals surface area (Å²) in [5, 5.41) is 8.89. The predicted octanol–water partition coefficient (Wildman–Crippen LogP) is 11.7. The number of ether oxygens (including phenoxy) is 2. The zero-order chi connectivity index (χ0) is 42.8. The lowest BCUT2D eigenvalue weighted by Crippen LogP contribution is -2.34. The number of hydrogen-bond donors (Lipinski definition) is 3. The third-order valence-electron chi connectivity index (χ3n) is 8.93. The van der Waals surface area contributed by atoms with E-state index >= 15 is 0 Å². The molecule has 0 aromatic carbocycles. The number of carboxylic acids is 1. The Morgan fingerprint density at radius 1 is 0.534 bits per heavy atom. The van der Waals surface area contributed by atoms with Gasteiger partial charge in [0, 0.05) is 12.8 Å². The van der Waals surface area contributed by atoms with Crippen molar-refractivity contribution in [2.75, 3.05) is 19.8 Å². The van der Waals surface area contributed by atoms with Gasteiger partial charge in [-0.2, -0.15) is 0 Å². The van der Waals surface area contributed by atoms with E-state index in [9.17, 15) is 23.8 Å². The molecule has 0 rings (SSSR count). The molecule has 0 radical (unpaired) electrons. The summed E-state index contributed by atoms with van der Waals surface area (Å²) in [6.07, 6.45) is 48.3. The van der Waals surface area contributed by atoms with E-state index in [1.165, 1.54) is 57.8 Å². The number of esters is 2. The quantitative estimate of drug-likeness (QED) is 0.0232. The largest absolute Gasteiger partial charge is 0.480 e. The number of rotatable bonds is 40. The van der Waals surface area contributed by atoms with Gasteiger partial charge in [0.15, 0.2) is 6.10 Å². The van der Waals surface area contributed by atoms with Crippen molar-refractivity contribution in [1.29, 1.82) is 0 Å². The Labute approximate surface area is 350 Å². The van der Waals surface area contributed by atoms with Gasteiger partial charge in [0.2, 0.25) is 0 Å². The van der Waals surface area contributed by atoms with Gasteiger partial charge in [0.1, 0.15) is 12.6 Å². The van der Waals surface area contributed by atoms with Crippen LogP contribution in [0, 0.1) is 0 Å². The summed E-state index contributed by atoms with van der Waals surface area (Å²) in [5.74, 6) is -2.48. The van der Waals surface area contributed by atoms with Crippen molar-refractivity contribution in [3.05, 3.63) is 72.9 Å². The van der Waals surface area contributed by atoms with Gasteiger partial charge in [-0.15, -0.1) is 0 Å². The zero-order valence-corrected chi connectivity index (χ0v) is 36.8. The Bertz CT molecular complexity index is 1260. The van der Waals surface area contributed by atoms with E-state index in [2.05, 4.69) is 85.2 Å². The van der Waals surface area contributed by atoms with Crippen LogP contribution in [-0.4, -0.2) is 59.9 Å². The average molecular weight is 836 g/mol. The number of phosphoric ester groups is 1. The van der Waals surface area contributed by atoms with E-state index in [0.29, 0.717) is 19.3 Å². The maximum Gasteiger partial charge on any atom is 0.472 e. The molecule has 0 aliphatic heterocycles. The molecule has 332 valence electrons. The van der Waals surface area contributed by atoms with Gasteiger partial charge >= 0.3 is 25.7 Å². The molecule has 0 fully saturated rings. The van der Waals surface area contributed by atoms with E-state index in [1.54, 1.807) is 0 Å². The highest BCUT2D eigenvalue weighted by atomic mass is 31.2. The second-order valence-electron chi connectivity index (χ2n) is 14.5. The van der Waals surface area contributed by atoms with E-state index in [-0.39, 0.29) is 19.4 Å². The number of unbranched alkanes of at least 4 members (excludes halogenated alkanes) is 14. The Kier molecular flexibility index (Phi) is 38.5. The third kappa shape index (κ3) is 39.7. The molecule has 11 nitrogen and oxygen atoms in total. The van der Waals surface area contributed by atoms with Crippen LogP contribution in [0.1, 0.15) is 168 Å². The second-order valence-corrected chi connectivity index (χ2v) is 15.9. The minimum atomic E-state index is -4.74. The lowest BCUT2D eigenvalue weighted by molar-refractivity contribution is -0.161. The van der Waals surface area contributed by atoms with Gasteiger partial charge in [-0.1, -0.05) is 145 Å². The number of carboxylic acid groups (broad SMARTS) is 1. The molecule has 12 heteroatoms. The molecule has 1 unspecified atom stereocenters. The molecule has 0 aliphatic carbocycles. The van der Waals surface area contributed by atoms with Crippen LogP contribution in [0.2, 0.25) is 0 Å². The Morgan fingerprint density at radius 2 is 0.931 bits per heavy atom. The summed E-state index contributed by atoms with van der Waals surface area (Å²) >= 11 is 0. The number of allylic oxidation sites excluding steroid dienone is 12. The number of aliphatic carboxylic acids is 1. The first kappa shape index (κ1) is 54.9. The maximum atomic E-state index is 12.6. The van der Waals surface area contributed by atoms with Gasteiger partial charge in [0.05, 0.1) is 13.2 Å². The summed E-state index contributed by atoms with van der Waals surface area (Å²) in [6.45, 7) is 2.68. The molecule has 0 bridgehead atoms. The van der Waals surface area contributed by atoms with E-state index < -0.39 is 51.1 Å². The van der Waals surface area contributed by atoms with Crippen molar-refractivity contribution < 1.29 is 47.5 Å². The summed E-state index contributed by atoms with van der Waals surface area (Å²) in [4.78, 5) is 45.9. The average Bonchev–Trinajstić information content (AvgIpc) is 3.20. The Morgan fingerprint density at radius 3 is 1.45 bits per heavy atom. The van der Waals surface area contributed by atoms with Gasteiger partial charge in [0.25, 0.3) is 0 Å². The minimum absolute atomic E-state index is 0.121. The highest BCUT2D eigenvalue weighted by Gasteiger charge is 2.28. The molecule has 3 atom stereocenters. The molecular weight excluding hydrogens is 757 g/mol. The fraction of sp³-hybridized carbons (Fsp3) is 0.674. The molecule has 0 aromatic rings. The molecule has 0 saturated carbocycles. The molecule has 0 amide bonds. The van der Waals surface area contributed by atoms with Crippen molar-refractivity contribution >= 4 is 25.7 Å². The van der Waals surface area contributed by atoms with Crippen LogP contribution < -0.4 is 5.73 Å². The van der Waals surface area contributed by atoms with Crippen molar-refractivity contribution in [1.82, 2.24) is 0 Å². The molecule has 4 N–H and O–H groups in total. The topological polar surface area (TPSA) is 172 Å². The van der Waals surface area contributed by atoms with Crippen molar-refractivity contribution in [2.45, 2.75) is 180 Å². The predicted molar refractivity (Wildman–Crippen MR) is 235 cm³/mol. The Hall–Kier alpha value is -3.08. The number of carbonyl (C=O) groups excluding carboxylic acids is 2. The van der Waals surface area contributed by atoms with E-state index in [4.69, 9.17) is 24.8 Å². The molecule has 0 aromatic heterocycles. The smallest absolute Gasteiger partial charge is 0.472 e. The standard InChI is InChI=1S/C46H78NO10P/c1-3-5-7-9-11-13-15-17-19-21-23-25-27-29-31-33-35-37-44(48)54-39-42(40-55-58(52,53)56-41-43(47)46(50)51)57-45(49)38-36-34-32-30-28-26-24-22-20-18-16-14-12-10-8-6-4-2/h12,14,17-20,23-26,29,31,42-43H,3-11,13,15-16,21-22,27-28,30,32-41,47H2,1-2H3,(H,50,51)(H,52,53)/b14-12-,19-17-,20-18-,25-23-,26-24-,31-29-/t42-,43+/m1/s1. The Balaban J connectivity index is 4.50. The van der Waals surface area contributed by atoms with Crippen molar-refractivity contribution in [2.24, 2.45) is 5.73 Å². The normalized spacial score (nSPS) is 14.4. The first-order valence-corrected chi connectivity index (χ1v) is 23.5. The van der Waals surface area contributed by atoms with Crippen LogP contribution in [0.5, 0.6) is 0 Å². The van der Waals surface area contributed by atoms with Crippen LogP contribution in [0.25, 0.3) is 0 Å². The first-order valence-electron chi connectivity index (χ1n) is 22.0. The highest BCUT2D eigenvalue weighted by molar-refractivity contribution is 7.47. The van der Waals surface area contributed by atoms with Crippen LogP contribution >= 0.6 is 7.82 Å². The fourth-order valence-corrected chi connectivity index (χ4v) is 6.22. The SMILES string of the molecule is CCCCC/C=C\C/C=C\C/C=C\CCCCCCC(=O)O[C@H](COC(=O)CCC/C=C\C/C=C\C/C=C\CCCCCCCC)COP(=O)(O)OC[C@H](N)C(=O)O. The molecular formula is C46H78NO10P. The third-order valence-corrected chi connectivity index (χ3v) is 9.88. The van der Waals surface area contributed by atoms with Crippen LogP contribution in [0.3, 0.4) is 0 Å². The van der Waals surface area contributed by atoms with Gasteiger partial charge in [-0.25, -0.2) is 4.57 Å². The molecule has 58 heavy (non-hydrogen) atoms. The number of carbonyl (C=O) groups is 3. The number of hydrogen-bond acceptors (Lipinski definition) is 9. The summed E-state index contributed by atoms with van der Waals surface area (Å²) in [7, 11) is -4.74. The van der Waals surface area contributed by atoms with Crippen LogP contribution in [0.4, 0.5) is 0 Å². The van der Waals surface area contributed by atoms with Crippen molar-refractivity contribution in [3.8, 4) is 0 Å². The van der Waals surface area contributed by atoms with E-state index in [1.807, 2.05) is 6.08 Å². The lowest BCUT2D eigenvalue weighted by atomic mass is 10.1. The second kappa shape index (κ2) is 40.7. The van der Waals surface area contributed by atoms with E-state index in [0.717, 1.165) is 64.2 Å².